The van der Waals surface area contributed by atoms with Crippen LogP contribution in [0.3, 0.4) is 0 Å². The van der Waals surface area contributed by atoms with Crippen molar-refractivity contribution < 1.29 is 17.9 Å². The van der Waals surface area contributed by atoms with E-state index in [0.29, 0.717) is 0 Å². The standard InChI is InChI=1S/C9H10O4S/c1-4-6-7(3)9(10)13-8(5-2)14(11)12/h4-5H,1-3,6H2. The van der Waals surface area contributed by atoms with E-state index in [1.807, 2.05) is 0 Å². The Hall–Kier alpha value is -1.62. The molecule has 0 aliphatic heterocycles. The van der Waals surface area contributed by atoms with Crippen molar-refractivity contribution in [1.29, 1.82) is 0 Å². The number of rotatable bonds is 4. The Morgan fingerprint density at radius 1 is 1.36 bits per heavy atom. The van der Waals surface area contributed by atoms with Gasteiger partial charge in [-0.25, -0.2) is 4.79 Å². The summed E-state index contributed by atoms with van der Waals surface area (Å²) in [5, 5.41) is -0.514. The molecule has 0 rings (SSSR count). The summed E-state index contributed by atoms with van der Waals surface area (Å²) in [6.45, 7) is 9.98. The van der Waals surface area contributed by atoms with E-state index in [-0.39, 0.29) is 12.0 Å². The predicted octanol–water partition coefficient (Wildman–Crippen LogP) is 0.857. The lowest BCUT2D eigenvalue weighted by molar-refractivity contribution is -0.131. The summed E-state index contributed by atoms with van der Waals surface area (Å²) in [5.41, 5.74) is 0.129. The highest BCUT2D eigenvalue weighted by Crippen LogP contribution is 2.01. The van der Waals surface area contributed by atoms with Gasteiger partial charge in [-0.15, -0.1) is 6.58 Å². The van der Waals surface area contributed by atoms with Gasteiger partial charge >= 0.3 is 5.97 Å². The van der Waals surface area contributed by atoms with Crippen molar-refractivity contribution in [3.63, 3.8) is 0 Å². The molecular formula is C9H10O4S. The van der Waals surface area contributed by atoms with Gasteiger partial charge in [0.25, 0.3) is 10.3 Å². The number of ether oxygens (including phenoxy) is 1. The number of carbonyl (C=O) groups is 1. The van der Waals surface area contributed by atoms with Gasteiger partial charge in [0.1, 0.15) is 0 Å². The summed E-state index contributed by atoms with van der Waals surface area (Å²) in [6.07, 6.45) is 2.64. The lowest BCUT2D eigenvalue weighted by Crippen LogP contribution is -2.12. The monoisotopic (exact) mass is 214 g/mol. The summed E-state index contributed by atoms with van der Waals surface area (Å²) in [4.78, 5) is 11.1. The average molecular weight is 214 g/mol. The Labute approximate surface area is 83.7 Å². The molecule has 0 bridgehead atoms. The third kappa shape index (κ3) is 3.86. The van der Waals surface area contributed by atoms with Crippen LogP contribution in [0.2, 0.25) is 0 Å². The highest BCUT2D eigenvalue weighted by atomic mass is 32.2. The first-order chi connectivity index (χ1) is 6.52. The first kappa shape index (κ1) is 12.4. The van der Waals surface area contributed by atoms with Crippen molar-refractivity contribution in [2.75, 3.05) is 0 Å². The van der Waals surface area contributed by atoms with E-state index in [0.717, 1.165) is 6.08 Å². The lowest BCUT2D eigenvalue weighted by atomic mass is 10.2. The van der Waals surface area contributed by atoms with Crippen molar-refractivity contribution in [3.8, 4) is 0 Å². The van der Waals surface area contributed by atoms with E-state index in [1.54, 1.807) is 0 Å². The molecule has 0 spiro atoms. The zero-order valence-electron chi connectivity index (χ0n) is 7.52. The molecule has 0 aromatic rings. The van der Waals surface area contributed by atoms with Gasteiger partial charge in [-0.2, -0.15) is 8.42 Å². The second kappa shape index (κ2) is 5.93. The zero-order chi connectivity index (χ0) is 11.1. The molecule has 5 heteroatoms. The third-order valence-electron chi connectivity index (χ3n) is 1.20. The summed E-state index contributed by atoms with van der Waals surface area (Å²) >= 11 is 0. The molecule has 0 fully saturated rings. The molecule has 14 heavy (non-hydrogen) atoms. The fraction of sp³-hybridized carbons (Fsp3) is 0.111. The van der Waals surface area contributed by atoms with Crippen LogP contribution in [0.25, 0.3) is 0 Å². The minimum atomic E-state index is -2.61. The molecule has 0 saturated heterocycles. The van der Waals surface area contributed by atoms with Gasteiger partial charge in [0.2, 0.25) is 5.05 Å². The number of carbonyl (C=O) groups excluding carboxylic acids is 1. The highest BCUT2D eigenvalue weighted by Gasteiger charge is 2.10. The van der Waals surface area contributed by atoms with Crippen molar-refractivity contribution >= 4 is 21.3 Å². The quantitative estimate of drug-likeness (QED) is 0.301. The van der Waals surface area contributed by atoms with Gasteiger partial charge in [0.15, 0.2) is 0 Å². The van der Waals surface area contributed by atoms with Crippen molar-refractivity contribution in [2.45, 2.75) is 6.42 Å². The molecule has 76 valence electrons. The van der Waals surface area contributed by atoms with Gasteiger partial charge in [0.05, 0.1) is 0 Å². The van der Waals surface area contributed by atoms with Gasteiger partial charge < -0.3 is 4.74 Å². The zero-order valence-corrected chi connectivity index (χ0v) is 8.34. The van der Waals surface area contributed by atoms with E-state index >= 15 is 0 Å². The summed E-state index contributed by atoms with van der Waals surface area (Å²) in [6, 6.07) is 0. The van der Waals surface area contributed by atoms with E-state index in [4.69, 9.17) is 0 Å². The van der Waals surface area contributed by atoms with Crippen molar-refractivity contribution in [2.24, 2.45) is 0 Å². The molecule has 0 saturated carbocycles. The molecule has 0 aromatic carbocycles. The van der Waals surface area contributed by atoms with E-state index in [9.17, 15) is 13.2 Å². The summed E-state index contributed by atoms with van der Waals surface area (Å²) < 4.78 is 25.3. The predicted molar refractivity (Wildman–Crippen MR) is 54.2 cm³/mol. The van der Waals surface area contributed by atoms with Gasteiger partial charge in [-0.1, -0.05) is 19.2 Å². The number of hydrogen-bond donors (Lipinski definition) is 0. The van der Waals surface area contributed by atoms with Crippen molar-refractivity contribution in [3.05, 3.63) is 37.5 Å². The second-order valence-corrected chi connectivity index (χ2v) is 3.12. The maximum atomic E-state index is 11.1. The molecule has 0 aliphatic rings. The maximum Gasteiger partial charge on any atom is 0.340 e. The average Bonchev–Trinajstić information content (AvgIpc) is 2.13. The molecule has 0 atom stereocenters. The molecule has 0 heterocycles. The molecule has 0 aliphatic carbocycles. The minimum Gasteiger partial charge on any atom is -0.406 e. The normalized spacial score (nSPS) is 8.57. The Bertz CT molecular complexity index is 393. The second-order valence-electron chi connectivity index (χ2n) is 2.24. The molecular weight excluding hydrogens is 204 g/mol. The van der Waals surface area contributed by atoms with Gasteiger partial charge in [0, 0.05) is 5.57 Å². The Morgan fingerprint density at radius 3 is 2.29 bits per heavy atom. The van der Waals surface area contributed by atoms with Crippen molar-refractivity contribution in [1.82, 2.24) is 0 Å². The first-order valence-corrected chi connectivity index (χ1v) is 4.70. The first-order valence-electron chi connectivity index (χ1n) is 3.62. The Balaban J connectivity index is 4.63. The third-order valence-corrected chi connectivity index (χ3v) is 1.78. The van der Waals surface area contributed by atoms with Gasteiger partial charge in [-0.05, 0) is 12.5 Å². The molecule has 4 nitrogen and oxygen atoms in total. The number of hydrogen-bond acceptors (Lipinski definition) is 4. The SMILES string of the molecule is C=CCC(=C)C(=O)OC(C=C)=S(=O)=O. The van der Waals surface area contributed by atoms with Crippen LogP contribution in [0.15, 0.2) is 37.5 Å². The fourth-order valence-corrected chi connectivity index (χ4v) is 0.845. The van der Waals surface area contributed by atoms with Crippen LogP contribution in [0.1, 0.15) is 6.42 Å². The number of allylic oxidation sites excluding steroid dienone is 1. The number of esters is 1. The molecule has 0 unspecified atom stereocenters. The van der Waals surface area contributed by atoms with E-state index < -0.39 is 21.3 Å². The highest BCUT2D eigenvalue weighted by molar-refractivity contribution is 7.73. The van der Waals surface area contributed by atoms with Crippen LogP contribution in [0.4, 0.5) is 0 Å². The largest absolute Gasteiger partial charge is 0.406 e. The summed E-state index contributed by atoms with van der Waals surface area (Å²) in [5.74, 6) is -0.802. The lowest BCUT2D eigenvalue weighted by Gasteiger charge is -2.01. The molecule has 0 N–H and O–H groups in total. The fourth-order valence-electron chi connectivity index (χ4n) is 0.565. The van der Waals surface area contributed by atoms with E-state index in [1.165, 1.54) is 6.08 Å². The Morgan fingerprint density at radius 2 is 1.93 bits per heavy atom. The topological polar surface area (TPSA) is 60.4 Å². The Kier molecular flexibility index (Phi) is 5.24. The van der Waals surface area contributed by atoms with Gasteiger partial charge in [-0.3, -0.25) is 0 Å². The van der Waals surface area contributed by atoms with Crippen LogP contribution in [-0.2, 0) is 19.8 Å². The minimum absolute atomic E-state index is 0.129. The smallest absolute Gasteiger partial charge is 0.340 e. The maximum absolute atomic E-state index is 11.1. The molecule has 0 amide bonds. The van der Waals surface area contributed by atoms with Crippen LogP contribution in [-0.4, -0.2) is 19.4 Å². The van der Waals surface area contributed by atoms with Crippen LogP contribution >= 0.6 is 0 Å². The summed E-state index contributed by atoms with van der Waals surface area (Å²) in [7, 11) is -2.61. The molecule has 0 aromatic heterocycles. The van der Waals surface area contributed by atoms with Crippen LogP contribution in [0.5, 0.6) is 0 Å². The van der Waals surface area contributed by atoms with E-state index in [2.05, 4.69) is 24.5 Å². The molecule has 0 radical (unpaired) electrons. The van der Waals surface area contributed by atoms with Crippen LogP contribution in [0, 0.1) is 0 Å². The van der Waals surface area contributed by atoms with Crippen LogP contribution < -0.4 is 0 Å².